The van der Waals surface area contributed by atoms with Crippen LogP contribution in [0, 0.1) is 20.2 Å². The highest BCUT2D eigenvalue weighted by Gasteiger charge is 2.38. The second kappa shape index (κ2) is 10.7. The minimum atomic E-state index is -0.945. The molecule has 1 unspecified atom stereocenters. The second-order valence-electron chi connectivity index (χ2n) is 8.81. The first kappa shape index (κ1) is 26.0. The van der Waals surface area contributed by atoms with E-state index >= 15 is 0 Å². The van der Waals surface area contributed by atoms with Crippen molar-refractivity contribution >= 4 is 34.0 Å². The van der Waals surface area contributed by atoms with Crippen LogP contribution in [0.2, 0.25) is 0 Å². The Hall–Kier alpha value is -5.58. The molecule has 0 aromatic heterocycles. The average molecular weight is 540 g/mol. The molecule has 1 heterocycles. The molecule has 1 aliphatic rings. The van der Waals surface area contributed by atoms with Gasteiger partial charge < -0.3 is 9.47 Å². The van der Waals surface area contributed by atoms with Gasteiger partial charge in [0, 0.05) is 17.7 Å². The van der Waals surface area contributed by atoms with Crippen LogP contribution < -0.4 is 10.1 Å². The first-order valence-electron chi connectivity index (χ1n) is 12.2. The molecule has 200 valence electrons. The van der Waals surface area contributed by atoms with Gasteiger partial charge >= 0.3 is 5.97 Å². The third kappa shape index (κ3) is 4.83. The molecule has 40 heavy (non-hydrogen) atoms. The second-order valence-corrected chi connectivity index (χ2v) is 8.81. The molecule has 5 rings (SSSR count). The van der Waals surface area contributed by atoms with Crippen molar-refractivity contribution in [2.24, 2.45) is 0 Å². The number of nitro benzene ring substituents is 2. The first-order valence-corrected chi connectivity index (χ1v) is 12.2. The summed E-state index contributed by atoms with van der Waals surface area (Å²) in [4.78, 5) is 47.8. The largest absolute Gasteiger partial charge is 0.462 e. The number of carbonyl (C=O) groups excluding carboxylic acids is 2. The van der Waals surface area contributed by atoms with Crippen LogP contribution in [-0.4, -0.2) is 28.3 Å². The molecular weight excluding hydrogens is 518 g/mol. The summed E-state index contributed by atoms with van der Waals surface area (Å²) in [5.41, 5.74) is -0.212. The number of nitrogens with one attached hydrogen (secondary N) is 1. The third-order valence-electron chi connectivity index (χ3n) is 6.41. The maximum Gasteiger partial charge on any atom is 0.340 e. The number of esters is 1. The van der Waals surface area contributed by atoms with Crippen molar-refractivity contribution in [3.63, 3.8) is 0 Å². The number of hydrogen-bond acceptors (Lipinski definition) is 8. The van der Waals surface area contributed by atoms with Gasteiger partial charge in [-0.1, -0.05) is 60.7 Å². The average Bonchev–Trinajstić information content (AvgIpc) is 2.96. The van der Waals surface area contributed by atoms with Crippen molar-refractivity contribution in [1.29, 1.82) is 0 Å². The number of hydrogen-bond donors (Lipinski definition) is 1. The Morgan fingerprint density at radius 3 is 2.20 bits per heavy atom. The Kier molecular flexibility index (Phi) is 6.94. The first-order chi connectivity index (χ1) is 19.3. The SMILES string of the molecule is CCOC(=O)C1=C(NC(=O)c2cc([N+](=O)[O-])cc([N+](=O)[O-])c2)Oc2ccc3ccccc3c2C1c1ccccc1. The number of ether oxygens (including phenoxy) is 2. The lowest BCUT2D eigenvalue weighted by Gasteiger charge is -2.31. The smallest absolute Gasteiger partial charge is 0.340 e. The number of nitro groups is 2. The van der Waals surface area contributed by atoms with E-state index in [1.807, 2.05) is 60.7 Å². The predicted octanol–water partition coefficient (Wildman–Crippen LogP) is 5.39. The molecule has 0 saturated carbocycles. The van der Waals surface area contributed by atoms with E-state index in [1.54, 1.807) is 13.0 Å². The lowest BCUT2D eigenvalue weighted by Crippen LogP contribution is -2.34. The molecule has 0 spiro atoms. The van der Waals surface area contributed by atoms with Crippen molar-refractivity contribution in [1.82, 2.24) is 5.32 Å². The highest BCUT2D eigenvalue weighted by atomic mass is 16.6. The summed E-state index contributed by atoms with van der Waals surface area (Å²) in [5, 5.41) is 27.0. The van der Waals surface area contributed by atoms with Gasteiger partial charge in [0.1, 0.15) is 11.3 Å². The molecular formula is C29H21N3O8. The van der Waals surface area contributed by atoms with E-state index in [-0.39, 0.29) is 23.6 Å². The number of amides is 1. The van der Waals surface area contributed by atoms with Crippen LogP contribution in [-0.2, 0) is 9.53 Å². The summed E-state index contributed by atoms with van der Waals surface area (Å²) in [5.74, 6) is -2.27. The van der Waals surface area contributed by atoms with Gasteiger partial charge in [0.2, 0.25) is 5.88 Å². The molecule has 11 nitrogen and oxygen atoms in total. The summed E-state index contributed by atoms with van der Waals surface area (Å²) in [6.07, 6.45) is 0. The Balaban J connectivity index is 1.70. The Morgan fingerprint density at radius 2 is 1.55 bits per heavy atom. The van der Waals surface area contributed by atoms with Crippen molar-refractivity contribution in [3.05, 3.63) is 133 Å². The van der Waals surface area contributed by atoms with Crippen LogP contribution in [0.15, 0.2) is 96.4 Å². The van der Waals surface area contributed by atoms with E-state index in [4.69, 9.17) is 9.47 Å². The van der Waals surface area contributed by atoms with Crippen LogP contribution >= 0.6 is 0 Å². The van der Waals surface area contributed by atoms with Gasteiger partial charge in [-0.3, -0.25) is 30.3 Å². The van der Waals surface area contributed by atoms with E-state index in [0.717, 1.165) is 34.5 Å². The van der Waals surface area contributed by atoms with Crippen molar-refractivity contribution in [2.75, 3.05) is 6.61 Å². The van der Waals surface area contributed by atoms with Crippen molar-refractivity contribution in [3.8, 4) is 5.75 Å². The maximum atomic E-state index is 13.5. The molecule has 4 aromatic rings. The zero-order valence-electron chi connectivity index (χ0n) is 21.0. The predicted molar refractivity (Wildman–Crippen MR) is 144 cm³/mol. The topological polar surface area (TPSA) is 151 Å². The third-order valence-corrected chi connectivity index (χ3v) is 6.41. The van der Waals surface area contributed by atoms with Crippen LogP contribution in [0.1, 0.15) is 34.3 Å². The molecule has 11 heteroatoms. The monoisotopic (exact) mass is 539 g/mol. The van der Waals surface area contributed by atoms with Crippen LogP contribution in [0.4, 0.5) is 11.4 Å². The summed E-state index contributed by atoms with van der Waals surface area (Å²) >= 11 is 0. The summed E-state index contributed by atoms with van der Waals surface area (Å²) in [7, 11) is 0. The van der Waals surface area contributed by atoms with Gasteiger partial charge in [-0.15, -0.1) is 0 Å². The van der Waals surface area contributed by atoms with E-state index in [9.17, 15) is 29.8 Å². The van der Waals surface area contributed by atoms with Gasteiger partial charge in [-0.25, -0.2) is 4.79 Å². The molecule has 0 aliphatic carbocycles. The lowest BCUT2D eigenvalue weighted by atomic mass is 9.80. The van der Waals surface area contributed by atoms with Gasteiger partial charge in [0.15, 0.2) is 0 Å². The zero-order valence-corrected chi connectivity index (χ0v) is 21.0. The number of carbonyl (C=O) groups is 2. The number of fused-ring (bicyclic) bond motifs is 3. The fourth-order valence-corrected chi connectivity index (χ4v) is 4.71. The Bertz CT molecular complexity index is 1680. The normalized spacial score (nSPS) is 14.2. The lowest BCUT2D eigenvalue weighted by molar-refractivity contribution is -0.394. The van der Waals surface area contributed by atoms with Crippen molar-refractivity contribution in [2.45, 2.75) is 12.8 Å². The summed E-state index contributed by atoms with van der Waals surface area (Å²) in [6, 6.07) is 22.9. The molecule has 0 radical (unpaired) electrons. The van der Waals surface area contributed by atoms with E-state index < -0.39 is 39.0 Å². The van der Waals surface area contributed by atoms with Gasteiger partial charge in [-0.05, 0) is 29.3 Å². The minimum absolute atomic E-state index is 0.00480. The van der Waals surface area contributed by atoms with Crippen LogP contribution in [0.3, 0.4) is 0 Å². The van der Waals surface area contributed by atoms with Crippen LogP contribution in [0.25, 0.3) is 10.8 Å². The summed E-state index contributed by atoms with van der Waals surface area (Å²) in [6.45, 7) is 1.69. The molecule has 0 saturated heterocycles. The van der Waals surface area contributed by atoms with E-state index in [0.29, 0.717) is 11.3 Å². The number of non-ortho nitro benzene ring substituents is 2. The van der Waals surface area contributed by atoms with Crippen LogP contribution in [0.5, 0.6) is 5.75 Å². The maximum absolute atomic E-state index is 13.5. The Morgan fingerprint density at radius 1 is 0.900 bits per heavy atom. The van der Waals surface area contributed by atoms with Gasteiger partial charge in [-0.2, -0.15) is 0 Å². The molecule has 1 atom stereocenters. The number of benzene rings is 4. The molecule has 1 amide bonds. The van der Waals surface area contributed by atoms with Gasteiger partial charge in [0.05, 0.1) is 34.0 Å². The van der Waals surface area contributed by atoms with Gasteiger partial charge in [0.25, 0.3) is 17.3 Å². The van der Waals surface area contributed by atoms with E-state index in [2.05, 4.69) is 5.32 Å². The zero-order chi connectivity index (χ0) is 28.4. The minimum Gasteiger partial charge on any atom is -0.462 e. The Labute approximate surface area is 226 Å². The molecule has 0 fully saturated rings. The summed E-state index contributed by atoms with van der Waals surface area (Å²) < 4.78 is 11.5. The molecule has 1 N–H and O–H groups in total. The number of rotatable bonds is 7. The van der Waals surface area contributed by atoms with Crippen molar-refractivity contribution < 1.29 is 28.9 Å². The van der Waals surface area contributed by atoms with E-state index in [1.165, 1.54) is 0 Å². The number of nitrogens with zero attached hydrogens (tertiary/aromatic N) is 2. The quantitative estimate of drug-likeness (QED) is 0.187. The fourth-order valence-electron chi connectivity index (χ4n) is 4.71. The molecule has 1 aliphatic heterocycles. The molecule has 0 bridgehead atoms. The molecule has 4 aromatic carbocycles. The highest BCUT2D eigenvalue weighted by molar-refractivity contribution is 6.00. The highest BCUT2D eigenvalue weighted by Crippen LogP contribution is 2.46. The fraction of sp³-hybridized carbons (Fsp3) is 0.103. The standard InChI is InChI=1S/C29H21N3O8/c1-2-39-29(34)26-24(18-9-4-3-5-10-18)25-22-11-7-6-8-17(22)12-13-23(25)40-28(26)30-27(33)19-14-20(31(35)36)16-21(15-19)32(37)38/h3-16,24H,2H2,1H3,(H,30,33).